The number of likely N-dealkylation sites (N-methyl/N-ethyl adjacent to an activating group) is 1. The number of nitrogens with zero attached hydrogens (tertiary/aromatic N) is 2. The van der Waals surface area contributed by atoms with Crippen molar-refractivity contribution in [3.05, 3.63) is 12.1 Å². The molecule has 0 radical (unpaired) electrons. The van der Waals surface area contributed by atoms with Crippen LogP contribution in [0.25, 0.3) is 0 Å². The Kier molecular flexibility index (Phi) is 4.10. The molecule has 5 nitrogen and oxygen atoms in total. The van der Waals surface area contributed by atoms with Crippen LogP contribution in [0, 0.1) is 0 Å². The third-order valence-corrected chi connectivity index (χ3v) is 4.52. The second-order valence-electron chi connectivity index (χ2n) is 5.66. The smallest absolute Gasteiger partial charge is 0.163 e. The van der Waals surface area contributed by atoms with Gasteiger partial charge in [-0.15, -0.1) is 0 Å². The standard InChI is InChI=1S/C16H25N3O2/c1-3-18(4-2)12-5-6-19(11-12)14-10-16-15(9-13(14)17)20-7-8-21-16/h9-10,12H,3-8,11,17H2,1-2H3. The van der Waals surface area contributed by atoms with Gasteiger partial charge >= 0.3 is 0 Å². The van der Waals surface area contributed by atoms with Gasteiger partial charge in [0.05, 0.1) is 11.4 Å². The van der Waals surface area contributed by atoms with E-state index in [1.54, 1.807) is 0 Å². The first-order chi connectivity index (χ1) is 10.2. The second kappa shape index (κ2) is 6.02. The number of rotatable bonds is 4. The first-order valence-electron chi connectivity index (χ1n) is 7.91. The van der Waals surface area contributed by atoms with Crippen LogP contribution in [0.1, 0.15) is 20.3 Å². The second-order valence-corrected chi connectivity index (χ2v) is 5.66. The largest absolute Gasteiger partial charge is 0.486 e. The molecule has 3 rings (SSSR count). The lowest BCUT2D eigenvalue weighted by atomic mass is 10.2. The predicted octanol–water partition coefficient (Wildman–Crippen LogP) is 1.96. The van der Waals surface area contributed by atoms with E-state index in [2.05, 4.69) is 23.6 Å². The lowest BCUT2D eigenvalue weighted by Gasteiger charge is -2.28. The van der Waals surface area contributed by atoms with Gasteiger partial charge in [-0.1, -0.05) is 13.8 Å². The number of hydrogen-bond acceptors (Lipinski definition) is 5. The van der Waals surface area contributed by atoms with Crippen molar-refractivity contribution >= 4 is 11.4 Å². The Morgan fingerprint density at radius 2 is 1.86 bits per heavy atom. The molecule has 1 saturated heterocycles. The number of nitrogens with two attached hydrogens (primary N) is 1. The van der Waals surface area contributed by atoms with E-state index in [0.29, 0.717) is 19.3 Å². The molecule has 5 heteroatoms. The van der Waals surface area contributed by atoms with Gasteiger partial charge in [0.15, 0.2) is 11.5 Å². The van der Waals surface area contributed by atoms with Crippen LogP contribution < -0.4 is 20.1 Å². The zero-order valence-electron chi connectivity index (χ0n) is 13.0. The summed E-state index contributed by atoms with van der Waals surface area (Å²) in [6.45, 7) is 9.95. The van der Waals surface area contributed by atoms with Crippen molar-refractivity contribution in [1.29, 1.82) is 0 Å². The number of benzene rings is 1. The highest BCUT2D eigenvalue weighted by atomic mass is 16.6. The summed E-state index contributed by atoms with van der Waals surface area (Å²) in [5, 5.41) is 0. The lowest BCUT2D eigenvalue weighted by Crippen LogP contribution is -2.37. The monoisotopic (exact) mass is 291 g/mol. The fraction of sp³-hybridized carbons (Fsp3) is 0.625. The van der Waals surface area contributed by atoms with Gasteiger partial charge in [0.1, 0.15) is 13.2 Å². The van der Waals surface area contributed by atoms with Crippen molar-refractivity contribution in [3.8, 4) is 11.5 Å². The molecule has 0 saturated carbocycles. The molecule has 0 bridgehead atoms. The molecule has 0 aromatic heterocycles. The van der Waals surface area contributed by atoms with Crippen molar-refractivity contribution in [1.82, 2.24) is 4.90 Å². The number of nitrogen functional groups attached to an aromatic ring is 1. The first kappa shape index (κ1) is 14.3. The van der Waals surface area contributed by atoms with E-state index >= 15 is 0 Å². The van der Waals surface area contributed by atoms with Gasteiger partial charge in [-0.3, -0.25) is 4.90 Å². The van der Waals surface area contributed by atoms with E-state index in [0.717, 1.165) is 49.1 Å². The molecular formula is C16H25N3O2. The fourth-order valence-electron chi connectivity index (χ4n) is 3.37. The fourth-order valence-corrected chi connectivity index (χ4v) is 3.37. The Morgan fingerprint density at radius 1 is 1.19 bits per heavy atom. The summed E-state index contributed by atoms with van der Waals surface area (Å²) in [6.07, 6.45) is 1.19. The molecule has 1 fully saturated rings. The SMILES string of the molecule is CCN(CC)C1CCN(c2cc3c(cc2N)OCCO3)C1. The molecule has 2 aliphatic rings. The molecule has 1 aromatic rings. The summed E-state index contributed by atoms with van der Waals surface area (Å²) < 4.78 is 11.3. The third-order valence-electron chi connectivity index (χ3n) is 4.52. The summed E-state index contributed by atoms with van der Waals surface area (Å²) in [5.74, 6) is 1.58. The Balaban J connectivity index is 1.78. The van der Waals surface area contributed by atoms with E-state index in [4.69, 9.17) is 15.2 Å². The first-order valence-corrected chi connectivity index (χ1v) is 7.91. The van der Waals surface area contributed by atoms with E-state index in [1.165, 1.54) is 6.42 Å². The molecule has 2 heterocycles. The highest BCUT2D eigenvalue weighted by molar-refractivity contribution is 5.73. The Bertz CT molecular complexity index is 503. The summed E-state index contributed by atoms with van der Waals surface area (Å²) in [4.78, 5) is 4.89. The maximum Gasteiger partial charge on any atom is 0.163 e. The summed E-state index contributed by atoms with van der Waals surface area (Å²) >= 11 is 0. The van der Waals surface area contributed by atoms with Gasteiger partial charge in [0.25, 0.3) is 0 Å². The van der Waals surface area contributed by atoms with E-state index in [1.807, 2.05) is 12.1 Å². The zero-order valence-corrected chi connectivity index (χ0v) is 13.0. The van der Waals surface area contributed by atoms with Gasteiger partial charge in [0, 0.05) is 31.3 Å². The van der Waals surface area contributed by atoms with Crippen molar-refractivity contribution in [2.45, 2.75) is 26.3 Å². The van der Waals surface area contributed by atoms with Crippen LogP contribution >= 0.6 is 0 Å². The average Bonchev–Trinajstić information content (AvgIpc) is 2.97. The van der Waals surface area contributed by atoms with Gasteiger partial charge < -0.3 is 20.1 Å². The molecule has 2 aliphatic heterocycles. The number of fused-ring (bicyclic) bond motifs is 1. The van der Waals surface area contributed by atoms with Crippen molar-refractivity contribution in [2.75, 3.05) is 50.0 Å². The van der Waals surface area contributed by atoms with Gasteiger partial charge in [0.2, 0.25) is 0 Å². The van der Waals surface area contributed by atoms with Crippen molar-refractivity contribution in [2.24, 2.45) is 0 Å². The predicted molar refractivity (Wildman–Crippen MR) is 85.4 cm³/mol. The van der Waals surface area contributed by atoms with E-state index < -0.39 is 0 Å². The molecular weight excluding hydrogens is 266 g/mol. The summed E-state index contributed by atoms with van der Waals surface area (Å²) in [5.41, 5.74) is 8.08. The van der Waals surface area contributed by atoms with Gasteiger partial charge in [-0.25, -0.2) is 0 Å². The molecule has 1 atom stereocenters. The van der Waals surface area contributed by atoms with Crippen molar-refractivity contribution in [3.63, 3.8) is 0 Å². The molecule has 1 aromatic carbocycles. The van der Waals surface area contributed by atoms with E-state index in [9.17, 15) is 0 Å². The molecule has 0 aliphatic carbocycles. The van der Waals surface area contributed by atoms with Crippen LogP contribution in [-0.2, 0) is 0 Å². The third kappa shape index (κ3) is 2.75. The topological polar surface area (TPSA) is 51.0 Å². The average molecular weight is 291 g/mol. The van der Waals surface area contributed by atoms with Crippen LogP contribution in [-0.4, -0.2) is 50.3 Å². The van der Waals surface area contributed by atoms with Gasteiger partial charge in [-0.05, 0) is 19.5 Å². The molecule has 21 heavy (non-hydrogen) atoms. The minimum absolute atomic E-state index is 0.597. The Hall–Kier alpha value is -1.62. The van der Waals surface area contributed by atoms with E-state index in [-0.39, 0.29) is 0 Å². The number of hydrogen-bond donors (Lipinski definition) is 1. The zero-order chi connectivity index (χ0) is 14.8. The highest BCUT2D eigenvalue weighted by Crippen LogP contribution is 2.39. The molecule has 0 spiro atoms. The minimum atomic E-state index is 0.597. The van der Waals surface area contributed by atoms with Crippen LogP contribution in [0.5, 0.6) is 11.5 Å². The molecule has 116 valence electrons. The summed E-state index contributed by atoms with van der Waals surface area (Å²) in [6, 6.07) is 4.55. The Morgan fingerprint density at radius 3 is 2.52 bits per heavy atom. The molecule has 1 unspecified atom stereocenters. The lowest BCUT2D eigenvalue weighted by molar-refractivity contribution is 0.172. The molecule has 2 N–H and O–H groups in total. The highest BCUT2D eigenvalue weighted by Gasteiger charge is 2.28. The van der Waals surface area contributed by atoms with Crippen LogP contribution in [0.3, 0.4) is 0 Å². The van der Waals surface area contributed by atoms with Crippen LogP contribution in [0.2, 0.25) is 0 Å². The van der Waals surface area contributed by atoms with Gasteiger partial charge in [-0.2, -0.15) is 0 Å². The molecule has 0 amide bonds. The minimum Gasteiger partial charge on any atom is -0.486 e. The summed E-state index contributed by atoms with van der Waals surface area (Å²) in [7, 11) is 0. The van der Waals surface area contributed by atoms with Crippen LogP contribution in [0.4, 0.5) is 11.4 Å². The maximum atomic E-state index is 6.22. The Labute approximate surface area is 126 Å². The number of anilines is 2. The van der Waals surface area contributed by atoms with Crippen LogP contribution in [0.15, 0.2) is 12.1 Å². The van der Waals surface area contributed by atoms with Crippen molar-refractivity contribution < 1.29 is 9.47 Å². The maximum absolute atomic E-state index is 6.22. The quantitative estimate of drug-likeness (QED) is 0.860. The number of ether oxygens (including phenoxy) is 2. The normalized spacial score (nSPS) is 21.1.